The number of carbonyl (C=O) groups excluding carboxylic acids is 1. The highest BCUT2D eigenvalue weighted by molar-refractivity contribution is 7.16. The third-order valence-corrected chi connectivity index (χ3v) is 9.38. The van der Waals surface area contributed by atoms with Gasteiger partial charge in [0.2, 0.25) is 0 Å². The maximum Gasteiger partial charge on any atom is 0.259 e. The number of hydrogen-bond acceptors (Lipinski definition) is 4. The van der Waals surface area contributed by atoms with E-state index < -0.39 is 0 Å². The Bertz CT molecular complexity index is 1720. The molecule has 5 aromatic rings. The number of anilines is 1. The van der Waals surface area contributed by atoms with Crippen LogP contribution < -0.4 is 10.1 Å². The number of thiophene rings is 1. The minimum Gasteiger partial charge on any atom is -0.489 e. The number of rotatable bonds is 7. The van der Waals surface area contributed by atoms with E-state index in [1.807, 2.05) is 60.8 Å². The van der Waals surface area contributed by atoms with Gasteiger partial charge >= 0.3 is 0 Å². The second-order valence-corrected chi connectivity index (χ2v) is 13.1. The van der Waals surface area contributed by atoms with Crippen molar-refractivity contribution in [2.75, 3.05) is 5.32 Å². The van der Waals surface area contributed by atoms with Gasteiger partial charge in [-0.1, -0.05) is 81.4 Å². The Kier molecular flexibility index (Phi) is 7.94. The molecule has 1 amide bonds. The zero-order chi connectivity index (χ0) is 29.1. The molecule has 0 spiro atoms. The second kappa shape index (κ2) is 11.9. The molecule has 6 rings (SSSR count). The van der Waals surface area contributed by atoms with Crippen molar-refractivity contribution >= 4 is 44.9 Å². The molecule has 1 aliphatic rings. The van der Waals surface area contributed by atoms with Gasteiger partial charge in [-0.25, -0.2) is 4.99 Å². The monoisotopic (exact) mass is 572 g/mol. The van der Waals surface area contributed by atoms with Crippen LogP contribution in [0.15, 0.2) is 102 Å². The molecule has 1 N–H and O–H groups in total. The molecule has 1 aliphatic carbocycles. The van der Waals surface area contributed by atoms with Crippen molar-refractivity contribution in [3.05, 3.63) is 124 Å². The minimum absolute atomic E-state index is 0.0859. The maximum absolute atomic E-state index is 13.6. The molecular formula is C37H36N2O2S. The van der Waals surface area contributed by atoms with Crippen LogP contribution >= 0.6 is 11.3 Å². The van der Waals surface area contributed by atoms with Crippen molar-refractivity contribution in [2.24, 2.45) is 16.3 Å². The summed E-state index contributed by atoms with van der Waals surface area (Å²) in [4.78, 5) is 19.8. The highest BCUT2D eigenvalue weighted by Gasteiger charge is 2.33. The summed E-state index contributed by atoms with van der Waals surface area (Å²) in [5.74, 6) is 1.31. The first-order valence-corrected chi connectivity index (χ1v) is 15.4. The number of hydrogen-bond donors (Lipinski definition) is 1. The lowest BCUT2D eigenvalue weighted by molar-refractivity contribution is 0.102. The molecule has 1 aromatic heterocycles. The van der Waals surface area contributed by atoms with Crippen LogP contribution in [0, 0.1) is 11.3 Å². The van der Waals surface area contributed by atoms with Crippen LogP contribution in [0.1, 0.15) is 59.1 Å². The molecule has 212 valence electrons. The van der Waals surface area contributed by atoms with E-state index in [2.05, 4.69) is 68.6 Å². The van der Waals surface area contributed by atoms with E-state index in [0.29, 0.717) is 12.5 Å². The van der Waals surface area contributed by atoms with Crippen LogP contribution in [-0.2, 0) is 19.4 Å². The van der Waals surface area contributed by atoms with Crippen LogP contribution in [0.5, 0.6) is 5.75 Å². The number of benzene rings is 4. The molecule has 0 saturated heterocycles. The fourth-order valence-electron chi connectivity index (χ4n) is 5.71. The van der Waals surface area contributed by atoms with Crippen molar-refractivity contribution < 1.29 is 9.53 Å². The van der Waals surface area contributed by atoms with Crippen LogP contribution in [0.3, 0.4) is 0 Å². The van der Waals surface area contributed by atoms with Gasteiger partial charge in [-0.05, 0) is 94.5 Å². The number of carbonyl (C=O) groups is 1. The summed E-state index contributed by atoms with van der Waals surface area (Å²) in [5, 5.41) is 6.30. The molecule has 0 unspecified atom stereocenters. The van der Waals surface area contributed by atoms with Crippen molar-refractivity contribution in [1.82, 2.24) is 0 Å². The summed E-state index contributed by atoms with van der Waals surface area (Å²) in [7, 11) is 0. The Labute approximate surface area is 252 Å². The van der Waals surface area contributed by atoms with E-state index in [9.17, 15) is 4.79 Å². The van der Waals surface area contributed by atoms with Gasteiger partial charge in [-0.15, -0.1) is 11.3 Å². The molecule has 4 nitrogen and oxygen atoms in total. The summed E-state index contributed by atoms with van der Waals surface area (Å²) in [6.45, 7) is 7.44. The Morgan fingerprint density at radius 1 is 0.952 bits per heavy atom. The van der Waals surface area contributed by atoms with Gasteiger partial charge in [0, 0.05) is 16.8 Å². The lowest BCUT2D eigenvalue weighted by atomic mass is 9.72. The van der Waals surface area contributed by atoms with Gasteiger partial charge in [0.1, 0.15) is 17.4 Å². The first-order chi connectivity index (χ1) is 20.3. The molecule has 0 bridgehead atoms. The Morgan fingerprint density at radius 3 is 2.48 bits per heavy atom. The summed E-state index contributed by atoms with van der Waals surface area (Å²) in [6.07, 6.45) is 4.84. The maximum atomic E-state index is 13.6. The Morgan fingerprint density at radius 2 is 1.69 bits per heavy atom. The van der Waals surface area contributed by atoms with E-state index in [0.717, 1.165) is 52.4 Å². The topological polar surface area (TPSA) is 50.7 Å². The molecule has 1 heterocycles. The lowest BCUT2D eigenvalue weighted by Crippen LogP contribution is -2.27. The molecule has 0 saturated carbocycles. The molecule has 0 radical (unpaired) electrons. The molecule has 0 fully saturated rings. The zero-order valence-corrected chi connectivity index (χ0v) is 25.2. The van der Waals surface area contributed by atoms with Gasteiger partial charge in [0.25, 0.3) is 5.91 Å². The van der Waals surface area contributed by atoms with Crippen molar-refractivity contribution in [2.45, 2.75) is 46.6 Å². The smallest absolute Gasteiger partial charge is 0.259 e. The van der Waals surface area contributed by atoms with E-state index in [1.54, 1.807) is 11.3 Å². The number of nitrogens with zero attached hydrogens (tertiary/aromatic N) is 1. The lowest BCUT2D eigenvalue weighted by Gasteiger charge is -2.33. The third kappa shape index (κ3) is 6.17. The first kappa shape index (κ1) is 27.9. The van der Waals surface area contributed by atoms with Crippen molar-refractivity contribution in [1.29, 1.82) is 0 Å². The molecule has 1 atom stereocenters. The van der Waals surface area contributed by atoms with Gasteiger partial charge in [-0.3, -0.25) is 4.79 Å². The van der Waals surface area contributed by atoms with Gasteiger partial charge < -0.3 is 10.1 Å². The largest absolute Gasteiger partial charge is 0.489 e. The second-order valence-electron chi connectivity index (χ2n) is 12.1. The van der Waals surface area contributed by atoms with Crippen LogP contribution in [0.4, 0.5) is 10.7 Å². The molecular weight excluding hydrogens is 536 g/mol. The zero-order valence-electron chi connectivity index (χ0n) is 24.4. The predicted molar refractivity (Wildman–Crippen MR) is 176 cm³/mol. The highest BCUT2D eigenvalue weighted by Crippen LogP contribution is 2.45. The Hall–Kier alpha value is -4.22. The molecule has 0 aliphatic heterocycles. The summed E-state index contributed by atoms with van der Waals surface area (Å²) < 4.78 is 6.12. The first-order valence-electron chi connectivity index (χ1n) is 14.6. The number of para-hydroxylation sites is 1. The molecule has 4 aromatic carbocycles. The van der Waals surface area contributed by atoms with Crippen LogP contribution in [0.25, 0.3) is 10.8 Å². The standard InChI is InChI=1S/C37H36N2O2S/c1-37(2,3)28-18-21-32-33(22-28)42-36(34(32)35(40)39-29-13-5-4-6-14-29)38-23-25-16-19-30(20-17-25)41-24-27-12-9-11-26-10-7-8-15-31(26)27/h4-17,19-20,23,28H,18,21-22,24H2,1-3H3,(H,39,40)/t28-/m0/s1. The SMILES string of the molecule is CC(C)(C)[C@H]1CCc2c(sc(N=Cc3ccc(OCc4cccc5ccccc45)cc3)c2C(=O)Nc2ccccc2)C1. The van der Waals surface area contributed by atoms with Crippen LogP contribution in [0.2, 0.25) is 0 Å². The van der Waals surface area contributed by atoms with Gasteiger partial charge in [-0.2, -0.15) is 0 Å². The highest BCUT2D eigenvalue weighted by atomic mass is 32.1. The molecule has 5 heteroatoms. The summed E-state index contributed by atoms with van der Waals surface area (Å²) in [5.41, 5.74) is 5.03. The summed E-state index contributed by atoms with van der Waals surface area (Å²) >= 11 is 1.67. The van der Waals surface area contributed by atoms with E-state index in [4.69, 9.17) is 9.73 Å². The minimum atomic E-state index is -0.0859. The average molecular weight is 573 g/mol. The number of amides is 1. The van der Waals surface area contributed by atoms with Crippen molar-refractivity contribution in [3.63, 3.8) is 0 Å². The van der Waals surface area contributed by atoms with Gasteiger partial charge in [0.15, 0.2) is 0 Å². The van der Waals surface area contributed by atoms with Crippen molar-refractivity contribution in [3.8, 4) is 5.75 Å². The van der Waals surface area contributed by atoms with E-state index >= 15 is 0 Å². The van der Waals surface area contributed by atoms with E-state index in [-0.39, 0.29) is 11.3 Å². The fourth-order valence-corrected chi connectivity index (χ4v) is 6.98. The Balaban J connectivity index is 1.21. The van der Waals surface area contributed by atoms with Crippen LogP contribution in [-0.4, -0.2) is 12.1 Å². The van der Waals surface area contributed by atoms with E-state index in [1.165, 1.54) is 21.2 Å². The number of ether oxygens (including phenoxy) is 1. The number of aliphatic imine (C=N–C) groups is 1. The predicted octanol–water partition coefficient (Wildman–Crippen LogP) is 9.63. The quantitative estimate of drug-likeness (QED) is 0.197. The number of nitrogens with one attached hydrogen (secondary N) is 1. The average Bonchev–Trinajstić information content (AvgIpc) is 3.37. The summed E-state index contributed by atoms with van der Waals surface area (Å²) in [6, 6.07) is 32.3. The molecule has 42 heavy (non-hydrogen) atoms. The fraction of sp³-hybridized carbons (Fsp3) is 0.243. The normalized spacial score (nSPS) is 15.1. The number of fused-ring (bicyclic) bond motifs is 2. The van der Waals surface area contributed by atoms with Gasteiger partial charge in [0.05, 0.1) is 5.56 Å². The third-order valence-electron chi connectivity index (χ3n) is 8.22.